The summed E-state index contributed by atoms with van der Waals surface area (Å²) in [5.74, 6) is 0.708. The van der Waals surface area contributed by atoms with Crippen LogP contribution in [-0.4, -0.2) is 81.3 Å². The monoisotopic (exact) mass is 693 g/mol. The highest BCUT2D eigenvalue weighted by atomic mass is 19.1. The zero-order chi connectivity index (χ0) is 35.5. The number of benzene rings is 2. The highest BCUT2D eigenvalue weighted by Crippen LogP contribution is 2.49. The van der Waals surface area contributed by atoms with Gasteiger partial charge in [-0.05, 0) is 150 Å². The van der Waals surface area contributed by atoms with Crippen LogP contribution in [0.1, 0.15) is 108 Å². The molecular weight excluding hydrogens is 641 g/mol. The number of rotatable bonds is 7. The van der Waals surface area contributed by atoms with Crippen molar-refractivity contribution >= 4 is 39.5 Å². The molecule has 3 aromatic rings. The van der Waals surface area contributed by atoms with Crippen LogP contribution in [0.4, 0.5) is 10.2 Å². The molecule has 8 nitrogen and oxygen atoms in total. The fourth-order valence-electron chi connectivity index (χ4n) is 10.1. The molecule has 0 amide bonds. The van der Waals surface area contributed by atoms with Crippen molar-refractivity contribution in [3.63, 3.8) is 0 Å². The van der Waals surface area contributed by atoms with Crippen molar-refractivity contribution in [2.75, 3.05) is 37.7 Å². The number of fused-ring (bicyclic) bond motifs is 3. The van der Waals surface area contributed by atoms with E-state index in [9.17, 15) is 10.2 Å². The quantitative estimate of drug-likeness (QED) is 0.259. The van der Waals surface area contributed by atoms with E-state index in [-0.39, 0.29) is 34.7 Å². The third-order valence-electron chi connectivity index (χ3n) is 12.3. The lowest BCUT2D eigenvalue weighted by Gasteiger charge is -2.42. The van der Waals surface area contributed by atoms with Gasteiger partial charge in [-0.1, -0.05) is 19.1 Å². The molecule has 5 aliphatic rings. The molecular formula is C42H52FN5O3. The molecule has 4 heterocycles. The van der Waals surface area contributed by atoms with Crippen molar-refractivity contribution < 1.29 is 19.3 Å². The van der Waals surface area contributed by atoms with Gasteiger partial charge in [0.05, 0.1) is 28.6 Å². The van der Waals surface area contributed by atoms with Gasteiger partial charge in [-0.15, -0.1) is 0 Å². The second-order valence-electron chi connectivity index (χ2n) is 16.0. The summed E-state index contributed by atoms with van der Waals surface area (Å²) in [4.78, 5) is 20.7. The Morgan fingerprint density at radius 3 is 2.57 bits per heavy atom. The number of aliphatic hydroxyl groups excluding tert-OH is 1. The molecule has 2 unspecified atom stereocenters. The number of nitrogens with zero attached hydrogens (tertiary/aromatic N) is 5. The molecule has 0 radical (unpaired) electrons. The summed E-state index contributed by atoms with van der Waals surface area (Å²) in [6.07, 6.45) is 13.9. The maximum atomic E-state index is 15.4. The number of ether oxygens (including phenoxy) is 1. The Bertz CT molecular complexity index is 1940. The number of hydrogen-bond acceptors (Lipinski definition) is 8. The molecule has 2 aromatic carbocycles. The van der Waals surface area contributed by atoms with Crippen LogP contribution in [0, 0.1) is 11.2 Å². The van der Waals surface area contributed by atoms with E-state index >= 15 is 4.39 Å². The zero-order valence-corrected chi connectivity index (χ0v) is 30.6. The van der Waals surface area contributed by atoms with E-state index in [0.29, 0.717) is 24.6 Å². The molecule has 3 aliphatic heterocycles. The molecule has 270 valence electrons. The standard InChI is InChI=1S/C42H52FN5O3/c1-5-30-34(43)11-10-27-20-29(50)21-32(36(27)30)33-22-35-37(31(6-2)38(33)44-26(3)4)39(47-17-7-13-41(24-47)16-12-28(49)23-41)46-40(45-35)51-25-42-14-8-18-48(42)19-9-15-42/h6,10-11,20-22,26,28,49-50H,5,7-9,12-19,23-25H2,1-4H3/b31-6-,44-38?. The van der Waals surface area contributed by atoms with Gasteiger partial charge in [-0.3, -0.25) is 9.89 Å². The second-order valence-corrected chi connectivity index (χ2v) is 16.0. The number of allylic oxidation sites excluding steroid dienone is 3. The second kappa shape index (κ2) is 13.3. The van der Waals surface area contributed by atoms with Crippen LogP contribution in [0.5, 0.6) is 11.8 Å². The van der Waals surface area contributed by atoms with Gasteiger partial charge in [0.2, 0.25) is 0 Å². The number of aromatic hydroxyl groups is 1. The predicted molar refractivity (Wildman–Crippen MR) is 203 cm³/mol. The van der Waals surface area contributed by atoms with Crippen LogP contribution in [0.25, 0.3) is 28.0 Å². The average molecular weight is 694 g/mol. The van der Waals surface area contributed by atoms with Crippen molar-refractivity contribution in [3.05, 3.63) is 58.5 Å². The number of phenols is 1. The summed E-state index contributed by atoms with van der Waals surface area (Å²) in [6, 6.07) is 7.03. The van der Waals surface area contributed by atoms with Crippen molar-refractivity contribution in [1.82, 2.24) is 14.9 Å². The van der Waals surface area contributed by atoms with Gasteiger partial charge in [0.25, 0.3) is 0 Å². The smallest absolute Gasteiger partial charge is 0.319 e. The predicted octanol–water partition coefficient (Wildman–Crippen LogP) is 7.98. The Hall–Kier alpha value is -3.82. The zero-order valence-electron chi connectivity index (χ0n) is 30.6. The Kier molecular flexibility index (Phi) is 8.94. The molecule has 0 bridgehead atoms. The van der Waals surface area contributed by atoms with Crippen LogP contribution in [-0.2, 0) is 6.42 Å². The number of aliphatic hydroxyl groups is 1. The lowest BCUT2D eigenvalue weighted by Crippen LogP contribution is -2.44. The summed E-state index contributed by atoms with van der Waals surface area (Å²) in [5, 5.41) is 23.2. The number of aromatic nitrogens is 2. The highest BCUT2D eigenvalue weighted by Gasteiger charge is 2.46. The third kappa shape index (κ3) is 6.04. The minimum absolute atomic E-state index is 0.0314. The van der Waals surface area contributed by atoms with Gasteiger partial charge in [0.15, 0.2) is 0 Å². The van der Waals surface area contributed by atoms with E-state index in [4.69, 9.17) is 19.7 Å². The van der Waals surface area contributed by atoms with E-state index in [1.165, 1.54) is 18.9 Å². The molecule has 1 aromatic heterocycles. The molecule has 4 fully saturated rings. The van der Waals surface area contributed by atoms with Gasteiger partial charge in [-0.2, -0.15) is 9.97 Å². The molecule has 51 heavy (non-hydrogen) atoms. The van der Waals surface area contributed by atoms with Gasteiger partial charge < -0.3 is 19.8 Å². The van der Waals surface area contributed by atoms with Gasteiger partial charge >= 0.3 is 6.01 Å². The minimum Gasteiger partial charge on any atom is -0.508 e. The summed E-state index contributed by atoms with van der Waals surface area (Å²) < 4.78 is 22.1. The van der Waals surface area contributed by atoms with Crippen molar-refractivity contribution in [1.29, 1.82) is 0 Å². The molecule has 1 spiro atoms. The Balaban J connectivity index is 1.33. The number of hydrogen-bond donors (Lipinski definition) is 2. The van der Waals surface area contributed by atoms with Crippen molar-refractivity contribution in [2.45, 2.75) is 110 Å². The first kappa shape index (κ1) is 34.3. The molecule has 1 saturated carbocycles. The number of aryl methyl sites for hydroxylation is 1. The number of anilines is 1. The van der Waals surface area contributed by atoms with Crippen LogP contribution in [0.2, 0.25) is 0 Å². The first-order chi connectivity index (χ1) is 24.6. The fraction of sp³-hybridized carbons (Fsp3) is 0.548. The van der Waals surface area contributed by atoms with E-state index < -0.39 is 0 Å². The maximum absolute atomic E-state index is 15.4. The topological polar surface area (TPSA) is 94.3 Å². The Labute approximate surface area is 301 Å². The lowest BCUT2D eigenvalue weighted by atomic mass is 9.77. The summed E-state index contributed by atoms with van der Waals surface area (Å²) >= 11 is 0. The number of piperidine rings is 1. The summed E-state index contributed by atoms with van der Waals surface area (Å²) in [7, 11) is 0. The van der Waals surface area contributed by atoms with Crippen LogP contribution >= 0.6 is 0 Å². The van der Waals surface area contributed by atoms with Crippen LogP contribution in [0.15, 0.2) is 35.3 Å². The molecule has 2 N–H and O–H groups in total. The molecule has 2 atom stereocenters. The average Bonchev–Trinajstić information content (AvgIpc) is 3.80. The van der Waals surface area contributed by atoms with Gasteiger partial charge in [-0.25, -0.2) is 4.39 Å². The molecule has 8 rings (SSSR count). The molecule has 2 aliphatic carbocycles. The summed E-state index contributed by atoms with van der Waals surface area (Å²) in [6.45, 7) is 12.6. The lowest BCUT2D eigenvalue weighted by molar-refractivity contribution is 0.107. The number of aliphatic imine (C=N–C) groups is 1. The molecule has 9 heteroatoms. The first-order valence-electron chi connectivity index (χ1n) is 19.3. The van der Waals surface area contributed by atoms with Gasteiger partial charge in [0.1, 0.15) is 24.0 Å². The Morgan fingerprint density at radius 2 is 1.86 bits per heavy atom. The van der Waals surface area contributed by atoms with Crippen molar-refractivity contribution in [3.8, 4) is 11.8 Å². The van der Waals surface area contributed by atoms with Crippen LogP contribution in [0.3, 0.4) is 0 Å². The molecule has 3 saturated heterocycles. The van der Waals surface area contributed by atoms with Crippen LogP contribution < -0.4 is 9.64 Å². The maximum Gasteiger partial charge on any atom is 0.319 e. The third-order valence-corrected chi connectivity index (χ3v) is 12.3. The number of phenolic OH excluding ortho intramolecular Hbond substituents is 1. The van der Waals surface area contributed by atoms with Crippen molar-refractivity contribution in [2.24, 2.45) is 10.4 Å². The van der Waals surface area contributed by atoms with E-state index in [1.807, 2.05) is 13.8 Å². The normalized spacial score (nSPS) is 26.1. The summed E-state index contributed by atoms with van der Waals surface area (Å²) in [5.41, 5.74) is 5.62. The van der Waals surface area contributed by atoms with E-state index in [1.54, 1.807) is 18.2 Å². The van der Waals surface area contributed by atoms with Gasteiger partial charge in [0, 0.05) is 30.3 Å². The fourth-order valence-corrected chi connectivity index (χ4v) is 10.1. The largest absolute Gasteiger partial charge is 0.508 e. The van der Waals surface area contributed by atoms with E-state index in [0.717, 1.165) is 121 Å². The number of halogens is 1. The first-order valence-corrected chi connectivity index (χ1v) is 19.3. The highest BCUT2D eigenvalue weighted by molar-refractivity contribution is 6.50. The SMILES string of the molecule is C/C=C1\C(=NC(C)C)C(c2cc(O)cc3ccc(F)c(CC)c23)=Cc2nc(OCC34CCCN3CCC4)nc(N3CCCC4(CCC(O)C4)C3)c21. The minimum atomic E-state index is -0.258. The Morgan fingerprint density at radius 1 is 1.08 bits per heavy atom. The van der Waals surface area contributed by atoms with E-state index in [2.05, 4.69) is 35.8 Å².